The number of hydrogen-bond donors (Lipinski definition) is 0. The van der Waals surface area contributed by atoms with Crippen molar-refractivity contribution < 1.29 is 0 Å². The Kier molecular flexibility index (Phi) is 19.3. The molecule has 0 aromatic heterocycles. The van der Waals surface area contributed by atoms with Gasteiger partial charge in [-0.2, -0.15) is 0 Å². The van der Waals surface area contributed by atoms with Gasteiger partial charge in [-0.1, -0.05) is 376 Å². The summed E-state index contributed by atoms with van der Waals surface area (Å²) in [6.45, 7) is 8.77. The van der Waals surface area contributed by atoms with Gasteiger partial charge in [0.15, 0.2) is 0 Å². The molecule has 22 aromatic rings. The molecule has 0 heterocycles. The van der Waals surface area contributed by atoms with Crippen LogP contribution < -0.4 is 9.80 Å². The first-order valence-electron chi connectivity index (χ1n) is 42.3. The first kappa shape index (κ1) is 74.1. The Morgan fingerprint density at radius 1 is 0.148 bits per heavy atom. The fourth-order valence-corrected chi connectivity index (χ4v) is 19.3. The summed E-state index contributed by atoms with van der Waals surface area (Å²) in [6.07, 6.45) is 0. The van der Waals surface area contributed by atoms with E-state index < -0.39 is 0 Å². The third kappa shape index (κ3) is 13.6. The van der Waals surface area contributed by atoms with E-state index in [1.54, 1.807) is 0 Å². The lowest BCUT2D eigenvalue weighted by Gasteiger charge is -2.29. The van der Waals surface area contributed by atoms with Crippen LogP contribution in [0.25, 0.3) is 175 Å². The average molecular weight is 1560 g/mol. The van der Waals surface area contributed by atoms with Crippen molar-refractivity contribution in [3.05, 3.63) is 471 Å². The lowest BCUT2D eigenvalue weighted by Crippen LogP contribution is -2.11. The van der Waals surface area contributed by atoms with Crippen LogP contribution in [-0.2, 0) is 0 Å². The molecular weight excluding hydrogens is 1470 g/mol. The van der Waals surface area contributed by atoms with Gasteiger partial charge in [-0.3, -0.25) is 0 Å². The smallest absolute Gasteiger partial charge is 0.0540 e. The lowest BCUT2D eigenvalue weighted by atomic mass is 9.81. The Labute approximate surface area is 713 Å². The monoisotopic (exact) mass is 1550 g/mol. The van der Waals surface area contributed by atoms with E-state index in [1.165, 1.54) is 197 Å². The SMILES string of the molecule is Cc1cc(C)cc(N(c2cc(C)cc(C)c2)c2ccc3c(c2)c2ccccc2c2c(-c4ccccc4)cc(-c4ccc(-c5ccccc5)cc4)c(-c4ccccc4)c32)c1.c1ccc(-c2ccc(-c3cc(-c4ccccc4)c4c5ccccc5c5cc(N(c6cccc7ccccc67)c6cccc7ccccc67)ccc5c4c3-c3ccccc3)cc2)cc1. The predicted molar refractivity (Wildman–Crippen MR) is 525 cm³/mol. The van der Waals surface area contributed by atoms with E-state index in [-0.39, 0.29) is 0 Å². The largest absolute Gasteiger partial charge is 0.310 e. The van der Waals surface area contributed by atoms with Gasteiger partial charge in [-0.05, 0) is 287 Å². The second-order valence-electron chi connectivity index (χ2n) is 32.5. The summed E-state index contributed by atoms with van der Waals surface area (Å²) in [6, 6.07) is 165. The van der Waals surface area contributed by atoms with Gasteiger partial charge in [-0.15, -0.1) is 0 Å². The molecular formula is C120H86N2. The van der Waals surface area contributed by atoms with E-state index in [0.29, 0.717) is 0 Å². The summed E-state index contributed by atoms with van der Waals surface area (Å²) in [7, 11) is 0. The average Bonchev–Trinajstić information content (AvgIpc) is 0.710. The maximum atomic E-state index is 2.47. The number of anilines is 6. The first-order valence-corrected chi connectivity index (χ1v) is 42.3. The van der Waals surface area contributed by atoms with Crippen LogP contribution >= 0.6 is 0 Å². The number of hydrogen-bond acceptors (Lipinski definition) is 2. The van der Waals surface area contributed by atoms with Gasteiger partial charge in [-0.25, -0.2) is 0 Å². The van der Waals surface area contributed by atoms with Gasteiger partial charge in [0, 0.05) is 33.5 Å². The fourth-order valence-electron chi connectivity index (χ4n) is 19.3. The van der Waals surface area contributed by atoms with Crippen molar-refractivity contribution in [1.29, 1.82) is 0 Å². The number of rotatable bonds is 14. The Bertz CT molecular complexity index is 7550. The predicted octanol–water partition coefficient (Wildman–Crippen LogP) is 34.1. The molecule has 122 heavy (non-hydrogen) atoms. The Morgan fingerprint density at radius 3 is 0.787 bits per heavy atom. The zero-order valence-electron chi connectivity index (χ0n) is 68.6. The molecule has 576 valence electrons. The number of nitrogens with zero attached hydrogens (tertiary/aromatic N) is 2. The van der Waals surface area contributed by atoms with E-state index in [9.17, 15) is 0 Å². The highest BCUT2D eigenvalue weighted by atomic mass is 15.1. The molecule has 0 N–H and O–H groups in total. The molecule has 2 heteroatoms. The Morgan fingerprint density at radius 2 is 0.418 bits per heavy atom. The summed E-state index contributed by atoms with van der Waals surface area (Å²) in [5.74, 6) is 0. The molecule has 0 saturated carbocycles. The van der Waals surface area contributed by atoms with Crippen molar-refractivity contribution in [3.8, 4) is 89.0 Å². The molecule has 0 saturated heterocycles. The number of aryl methyl sites for hydroxylation is 4. The molecule has 2 nitrogen and oxygen atoms in total. The van der Waals surface area contributed by atoms with Crippen LogP contribution in [0, 0.1) is 27.7 Å². The van der Waals surface area contributed by atoms with Crippen molar-refractivity contribution in [2.75, 3.05) is 9.80 Å². The van der Waals surface area contributed by atoms with Crippen LogP contribution in [-0.4, -0.2) is 0 Å². The van der Waals surface area contributed by atoms with Crippen molar-refractivity contribution in [3.63, 3.8) is 0 Å². The van der Waals surface area contributed by atoms with E-state index in [2.05, 4.69) is 486 Å². The second-order valence-corrected chi connectivity index (χ2v) is 32.5. The van der Waals surface area contributed by atoms with Crippen LogP contribution in [0.1, 0.15) is 22.3 Å². The molecule has 0 fully saturated rings. The van der Waals surface area contributed by atoms with Gasteiger partial charge >= 0.3 is 0 Å². The molecule has 0 amide bonds. The van der Waals surface area contributed by atoms with Gasteiger partial charge in [0.05, 0.1) is 11.4 Å². The van der Waals surface area contributed by atoms with E-state index in [1.807, 2.05) is 0 Å². The van der Waals surface area contributed by atoms with Crippen LogP contribution in [0.15, 0.2) is 449 Å². The summed E-state index contributed by atoms with van der Waals surface area (Å²) in [4.78, 5) is 4.91. The second kappa shape index (κ2) is 31.8. The van der Waals surface area contributed by atoms with Crippen molar-refractivity contribution in [2.45, 2.75) is 27.7 Å². The zero-order chi connectivity index (χ0) is 81.7. The maximum absolute atomic E-state index is 2.47. The summed E-state index contributed by atoms with van der Waals surface area (Å²) < 4.78 is 0. The molecule has 0 aliphatic carbocycles. The minimum atomic E-state index is 1.11. The first-order chi connectivity index (χ1) is 60.2. The molecule has 0 aliphatic rings. The minimum absolute atomic E-state index is 1.11. The molecule has 0 atom stereocenters. The lowest BCUT2D eigenvalue weighted by molar-refractivity contribution is 1.24. The van der Waals surface area contributed by atoms with Crippen LogP contribution in [0.2, 0.25) is 0 Å². The quantitative estimate of drug-likeness (QED) is 0.100. The van der Waals surface area contributed by atoms with Crippen LogP contribution in [0.3, 0.4) is 0 Å². The third-order valence-electron chi connectivity index (χ3n) is 24.5. The van der Waals surface area contributed by atoms with Gasteiger partial charge in [0.1, 0.15) is 0 Å². The topological polar surface area (TPSA) is 6.48 Å². The van der Waals surface area contributed by atoms with E-state index in [4.69, 9.17) is 0 Å². The van der Waals surface area contributed by atoms with Gasteiger partial charge in [0.25, 0.3) is 0 Å². The molecule has 22 aromatic carbocycles. The van der Waals surface area contributed by atoms with Gasteiger partial charge in [0.2, 0.25) is 0 Å². The molecule has 0 bridgehead atoms. The summed E-state index contributed by atoms with van der Waals surface area (Å²) in [5.41, 5.74) is 31.2. The standard InChI is InChI=1S/C62H41N.C58H45N/c1-4-18-42(19-5-1)43-34-36-47(37-35-43)55-41-56(46-20-6-2-7-21-46)61-53-31-15-14-30-52(53)57-40-49(38-39-54(57)62(61)60(55)48-24-8-3-9-25-48)63(58-32-16-26-44-22-10-12-28-50(44)58)59-33-17-27-45-23-11-13-29-51(45)59;1-38-30-39(2)33-48(32-38)59(49-34-40(3)31-41(4)35-49)47-28-29-52-55(36-47)50-22-14-15-23-51(50)57-54(44-18-10-6-11-19-44)37-53(56(58(52)57)46-20-12-7-13-21-46)45-26-24-43(25-27-45)42-16-8-5-9-17-42/h1-41H;5-37H,1-4H3. The maximum Gasteiger partial charge on any atom is 0.0540 e. The van der Waals surface area contributed by atoms with E-state index in [0.717, 1.165) is 34.1 Å². The summed E-state index contributed by atoms with van der Waals surface area (Å²) in [5, 5.41) is 19.8. The highest BCUT2D eigenvalue weighted by Gasteiger charge is 2.28. The van der Waals surface area contributed by atoms with Crippen molar-refractivity contribution >= 4 is 120 Å². The highest BCUT2D eigenvalue weighted by molar-refractivity contribution is 6.35. The third-order valence-corrected chi connectivity index (χ3v) is 24.5. The molecule has 0 unspecified atom stereocenters. The number of fused-ring (bicyclic) bond motifs is 14. The molecule has 0 aliphatic heterocycles. The minimum Gasteiger partial charge on any atom is -0.310 e. The van der Waals surface area contributed by atoms with E-state index >= 15 is 0 Å². The van der Waals surface area contributed by atoms with Crippen molar-refractivity contribution in [1.82, 2.24) is 0 Å². The Balaban J connectivity index is 0.000000151. The molecule has 22 rings (SSSR count). The number of benzene rings is 22. The molecule has 0 spiro atoms. The summed E-state index contributed by atoms with van der Waals surface area (Å²) >= 11 is 0. The normalized spacial score (nSPS) is 11.4. The zero-order valence-corrected chi connectivity index (χ0v) is 68.6. The van der Waals surface area contributed by atoms with Crippen LogP contribution in [0.5, 0.6) is 0 Å². The Hall–Kier alpha value is -15.5. The van der Waals surface area contributed by atoms with Crippen molar-refractivity contribution in [2.24, 2.45) is 0 Å². The highest BCUT2D eigenvalue weighted by Crippen LogP contribution is 2.54. The fraction of sp³-hybridized carbons (Fsp3) is 0.0333. The van der Waals surface area contributed by atoms with Crippen LogP contribution in [0.4, 0.5) is 34.1 Å². The van der Waals surface area contributed by atoms with Gasteiger partial charge < -0.3 is 9.80 Å². The molecule has 0 radical (unpaired) electrons.